The highest BCUT2D eigenvalue weighted by Gasteiger charge is 2.32. The van der Waals surface area contributed by atoms with Gasteiger partial charge in [-0.3, -0.25) is 9.59 Å². The monoisotopic (exact) mass is 518 g/mol. The molecule has 0 radical (unpaired) electrons. The van der Waals surface area contributed by atoms with Crippen LogP contribution in [0, 0.1) is 11.8 Å². The first-order valence-electron chi connectivity index (χ1n) is 13.9. The Morgan fingerprint density at radius 3 is 2.30 bits per heavy atom. The van der Waals surface area contributed by atoms with Crippen molar-refractivity contribution >= 4 is 11.9 Å². The molecule has 8 heteroatoms. The lowest BCUT2D eigenvalue weighted by atomic mass is 9.92. The van der Waals surface area contributed by atoms with Crippen molar-refractivity contribution in [3.8, 4) is 11.5 Å². The van der Waals surface area contributed by atoms with Crippen molar-refractivity contribution in [2.45, 2.75) is 96.6 Å². The number of phenolic OH excluding ortho intramolecular Hbond substituents is 2. The first-order valence-corrected chi connectivity index (χ1v) is 13.9. The lowest BCUT2D eigenvalue weighted by Crippen LogP contribution is -2.45. The molecule has 1 aliphatic heterocycles. The van der Waals surface area contributed by atoms with Crippen molar-refractivity contribution in [1.29, 1.82) is 0 Å². The summed E-state index contributed by atoms with van der Waals surface area (Å²) in [5.74, 6) is 0.203. The number of hydrogen-bond acceptors (Lipinski definition) is 7. The van der Waals surface area contributed by atoms with E-state index in [1.807, 2.05) is 27.7 Å². The van der Waals surface area contributed by atoms with Crippen LogP contribution in [0.2, 0.25) is 0 Å². The molecule has 4 N–H and O–H groups in total. The van der Waals surface area contributed by atoms with Crippen LogP contribution >= 0.6 is 0 Å². The Morgan fingerprint density at radius 2 is 1.70 bits per heavy atom. The van der Waals surface area contributed by atoms with Crippen molar-refractivity contribution in [3.05, 3.63) is 23.3 Å². The van der Waals surface area contributed by atoms with Crippen molar-refractivity contribution in [2.24, 2.45) is 11.8 Å². The molecule has 3 rings (SSSR count). The number of nitrogens with one attached hydrogen (secondary N) is 1. The van der Waals surface area contributed by atoms with Crippen molar-refractivity contribution < 1.29 is 29.6 Å². The SMILES string of the molecule is CC(C)c1cc(C(=O)N2CCC(CCN[C@@H](CO)C(=O)OC(C)(C)CC3CCCC3)CC2)c(O)cc1O. The van der Waals surface area contributed by atoms with E-state index >= 15 is 0 Å². The van der Waals surface area contributed by atoms with Crippen LogP contribution in [0.3, 0.4) is 0 Å². The molecule has 1 heterocycles. The maximum atomic E-state index is 13.0. The Bertz CT molecular complexity index is 917. The van der Waals surface area contributed by atoms with Gasteiger partial charge in [0.2, 0.25) is 0 Å². The standard InChI is InChI=1S/C29H46N2O6/c1-19(2)22-15-23(26(34)16-25(22)33)27(35)31-13-10-20(11-14-31)9-12-30-24(18-32)28(36)37-29(3,4)17-21-7-5-6-8-21/h15-16,19-21,24,30,32-34H,5-14,17-18H2,1-4H3/t24-/m0/s1. The third-order valence-electron chi connectivity index (χ3n) is 7.94. The van der Waals surface area contributed by atoms with Gasteiger partial charge >= 0.3 is 5.97 Å². The van der Waals surface area contributed by atoms with Gasteiger partial charge in [-0.25, -0.2) is 0 Å². The molecule has 1 aromatic carbocycles. The fourth-order valence-electron chi connectivity index (χ4n) is 5.80. The molecular weight excluding hydrogens is 472 g/mol. The van der Waals surface area contributed by atoms with E-state index in [-0.39, 0.29) is 35.5 Å². The third kappa shape index (κ3) is 8.08. The van der Waals surface area contributed by atoms with Crippen molar-refractivity contribution in [2.75, 3.05) is 26.2 Å². The number of carbonyl (C=O) groups is 2. The number of amides is 1. The molecule has 208 valence electrons. The first-order chi connectivity index (χ1) is 17.5. The molecule has 1 atom stereocenters. The molecule has 0 bridgehead atoms. The molecule has 1 saturated carbocycles. The molecule has 0 spiro atoms. The van der Waals surface area contributed by atoms with Crippen LogP contribution in [0.15, 0.2) is 12.1 Å². The zero-order valence-corrected chi connectivity index (χ0v) is 23.0. The van der Waals surface area contributed by atoms with Gasteiger partial charge in [-0.05, 0) is 75.5 Å². The highest BCUT2D eigenvalue weighted by molar-refractivity contribution is 5.97. The number of esters is 1. The summed E-state index contributed by atoms with van der Waals surface area (Å²) < 4.78 is 5.78. The predicted octanol–water partition coefficient (Wildman–Crippen LogP) is 4.32. The highest BCUT2D eigenvalue weighted by Crippen LogP contribution is 2.34. The van der Waals surface area contributed by atoms with Crippen LogP contribution < -0.4 is 5.32 Å². The number of nitrogens with zero attached hydrogens (tertiary/aromatic N) is 1. The fraction of sp³-hybridized carbons (Fsp3) is 0.724. The third-order valence-corrected chi connectivity index (χ3v) is 7.94. The Kier molecular flexibility index (Phi) is 10.2. The molecule has 1 aliphatic carbocycles. The number of hydrogen-bond donors (Lipinski definition) is 4. The van der Waals surface area contributed by atoms with E-state index in [2.05, 4.69) is 5.32 Å². The normalized spacial score (nSPS) is 18.4. The molecule has 0 unspecified atom stereocenters. The Morgan fingerprint density at radius 1 is 1.05 bits per heavy atom. The molecule has 2 fully saturated rings. The van der Waals surface area contributed by atoms with Crippen molar-refractivity contribution in [3.63, 3.8) is 0 Å². The van der Waals surface area contributed by atoms with Gasteiger partial charge in [0.1, 0.15) is 23.1 Å². The van der Waals surface area contributed by atoms with Gasteiger partial charge in [0, 0.05) is 19.2 Å². The maximum absolute atomic E-state index is 13.0. The van der Waals surface area contributed by atoms with E-state index in [1.54, 1.807) is 11.0 Å². The Hall–Kier alpha value is -2.32. The molecule has 37 heavy (non-hydrogen) atoms. The summed E-state index contributed by atoms with van der Waals surface area (Å²) in [6, 6.07) is 2.10. The number of rotatable bonds is 11. The lowest BCUT2D eigenvalue weighted by molar-refractivity contribution is -0.161. The minimum atomic E-state index is -0.739. The van der Waals surface area contributed by atoms with Gasteiger partial charge in [-0.15, -0.1) is 0 Å². The van der Waals surface area contributed by atoms with Gasteiger partial charge < -0.3 is 30.3 Å². The number of carbonyl (C=O) groups excluding carboxylic acids is 2. The molecule has 0 aromatic heterocycles. The van der Waals surface area contributed by atoms with E-state index in [9.17, 15) is 24.9 Å². The topological polar surface area (TPSA) is 119 Å². The first kappa shape index (κ1) is 29.2. The number of benzene rings is 1. The van der Waals surface area contributed by atoms with Crippen LogP contribution in [-0.4, -0.2) is 70.0 Å². The molecule has 2 aliphatic rings. The van der Waals surface area contributed by atoms with E-state index in [0.29, 0.717) is 37.0 Å². The van der Waals surface area contributed by atoms with Crippen LogP contribution in [0.5, 0.6) is 11.5 Å². The zero-order valence-electron chi connectivity index (χ0n) is 23.0. The van der Waals surface area contributed by atoms with Crippen molar-refractivity contribution in [1.82, 2.24) is 10.2 Å². The Balaban J connectivity index is 1.43. The summed E-state index contributed by atoms with van der Waals surface area (Å²) in [7, 11) is 0. The minimum absolute atomic E-state index is 0.00213. The minimum Gasteiger partial charge on any atom is -0.508 e. The van der Waals surface area contributed by atoms with E-state index in [4.69, 9.17) is 4.74 Å². The van der Waals surface area contributed by atoms with Gasteiger partial charge in [0.25, 0.3) is 5.91 Å². The number of likely N-dealkylation sites (tertiary alicyclic amines) is 1. The number of phenols is 2. The van der Waals surface area contributed by atoms with E-state index < -0.39 is 17.6 Å². The second-order valence-corrected chi connectivity index (χ2v) is 11.8. The second-order valence-electron chi connectivity index (χ2n) is 11.8. The average Bonchev–Trinajstić information content (AvgIpc) is 3.33. The van der Waals surface area contributed by atoms with Gasteiger partial charge in [0.05, 0.1) is 12.2 Å². The average molecular weight is 519 g/mol. The number of aromatic hydroxyl groups is 2. The molecule has 1 aromatic rings. The summed E-state index contributed by atoms with van der Waals surface area (Å²) >= 11 is 0. The quantitative estimate of drug-likeness (QED) is 0.322. The highest BCUT2D eigenvalue weighted by atomic mass is 16.6. The summed E-state index contributed by atoms with van der Waals surface area (Å²) in [4.78, 5) is 27.5. The largest absolute Gasteiger partial charge is 0.508 e. The van der Waals surface area contributed by atoms with Gasteiger partial charge in [-0.2, -0.15) is 0 Å². The molecule has 8 nitrogen and oxygen atoms in total. The zero-order chi connectivity index (χ0) is 27.2. The predicted molar refractivity (Wildman–Crippen MR) is 143 cm³/mol. The van der Waals surface area contributed by atoms with Gasteiger partial charge in [-0.1, -0.05) is 39.5 Å². The van der Waals surface area contributed by atoms with Crippen LogP contribution in [0.25, 0.3) is 0 Å². The number of aliphatic hydroxyl groups is 1. The number of aliphatic hydroxyl groups excluding tert-OH is 1. The van der Waals surface area contributed by atoms with E-state index in [0.717, 1.165) is 25.7 Å². The van der Waals surface area contributed by atoms with Crippen LogP contribution in [0.4, 0.5) is 0 Å². The second kappa shape index (κ2) is 13.0. The maximum Gasteiger partial charge on any atom is 0.326 e. The summed E-state index contributed by atoms with van der Waals surface area (Å²) in [5.41, 5.74) is 0.324. The summed E-state index contributed by atoms with van der Waals surface area (Å²) in [6.45, 7) is 9.21. The number of piperidine rings is 1. The van der Waals surface area contributed by atoms with Crippen LogP contribution in [0.1, 0.15) is 101 Å². The van der Waals surface area contributed by atoms with Crippen LogP contribution in [-0.2, 0) is 9.53 Å². The molecular formula is C29H46N2O6. The fourth-order valence-corrected chi connectivity index (χ4v) is 5.80. The molecule has 1 amide bonds. The smallest absolute Gasteiger partial charge is 0.326 e. The Labute approximate surface area is 221 Å². The molecule has 1 saturated heterocycles. The number of ether oxygens (including phenoxy) is 1. The summed E-state index contributed by atoms with van der Waals surface area (Å²) in [5, 5.41) is 33.2. The lowest BCUT2D eigenvalue weighted by Gasteiger charge is -2.33. The van der Waals surface area contributed by atoms with Gasteiger partial charge in [0.15, 0.2) is 0 Å². The summed E-state index contributed by atoms with van der Waals surface area (Å²) in [6.07, 6.45) is 8.23. The van der Waals surface area contributed by atoms with E-state index in [1.165, 1.54) is 31.7 Å².